The van der Waals surface area contributed by atoms with Gasteiger partial charge in [-0.1, -0.05) is 13.8 Å². The van der Waals surface area contributed by atoms with Crippen LogP contribution in [0.15, 0.2) is 30.5 Å². The molecule has 0 amide bonds. The number of H-pyrrole nitrogens is 1. The quantitative estimate of drug-likeness (QED) is 0.341. The average Bonchev–Trinajstić information content (AvgIpc) is 3.33. The van der Waals surface area contributed by atoms with Crippen LogP contribution >= 0.6 is 0 Å². The molecule has 0 aliphatic rings. The summed E-state index contributed by atoms with van der Waals surface area (Å²) in [6.07, 6.45) is -0.175. The Hall–Kier alpha value is -3.40. The van der Waals surface area contributed by atoms with Crippen molar-refractivity contribution in [3.8, 4) is 5.69 Å². The number of aromatic nitrogens is 3. The van der Waals surface area contributed by atoms with Crippen molar-refractivity contribution in [2.75, 3.05) is 13.7 Å². The maximum absolute atomic E-state index is 15.8. The van der Waals surface area contributed by atoms with Gasteiger partial charge < -0.3 is 14.4 Å². The number of benzene rings is 2. The van der Waals surface area contributed by atoms with Crippen molar-refractivity contribution >= 4 is 27.8 Å². The van der Waals surface area contributed by atoms with Crippen LogP contribution in [0, 0.1) is 18.6 Å². The fourth-order valence-corrected chi connectivity index (χ4v) is 4.54. The van der Waals surface area contributed by atoms with E-state index < -0.39 is 46.3 Å². The topological polar surface area (TPSA) is 80.1 Å². The number of rotatable bonds is 7. The molecule has 2 N–H and O–H groups in total. The predicted octanol–water partition coefficient (Wildman–Crippen LogP) is 5.58. The van der Waals surface area contributed by atoms with Crippen LogP contribution in [0.2, 0.25) is 0 Å². The van der Waals surface area contributed by atoms with E-state index in [9.17, 15) is 14.3 Å². The molecule has 180 valence electrons. The Morgan fingerprint density at radius 1 is 1.24 bits per heavy atom. The number of aromatic amines is 1. The lowest BCUT2D eigenvalue weighted by Gasteiger charge is -2.30. The first kappa shape index (κ1) is 23.7. The number of halogens is 4. The molecule has 2 aromatic carbocycles. The number of carboxylic acid groups (broad SMARTS) is 1. The van der Waals surface area contributed by atoms with Crippen LogP contribution in [-0.2, 0) is 20.9 Å². The summed E-state index contributed by atoms with van der Waals surface area (Å²) in [6.45, 7) is 4.78. The van der Waals surface area contributed by atoms with Gasteiger partial charge in [0.15, 0.2) is 5.82 Å². The van der Waals surface area contributed by atoms with Crippen LogP contribution in [-0.4, -0.2) is 39.6 Å². The Labute approximate surface area is 192 Å². The summed E-state index contributed by atoms with van der Waals surface area (Å²) in [6, 6.07) is 5.58. The van der Waals surface area contributed by atoms with Crippen molar-refractivity contribution in [3.63, 3.8) is 0 Å². The first-order chi connectivity index (χ1) is 15.9. The number of methoxy groups -OCH3 is 1. The summed E-state index contributed by atoms with van der Waals surface area (Å²) in [4.78, 5) is 11.4. The number of nitrogens with one attached hydrogen (secondary N) is 1. The minimum Gasteiger partial charge on any atom is -0.481 e. The van der Waals surface area contributed by atoms with Crippen molar-refractivity contribution < 1.29 is 32.2 Å². The molecule has 10 heteroatoms. The highest BCUT2D eigenvalue weighted by molar-refractivity contribution is 6.00. The van der Waals surface area contributed by atoms with Gasteiger partial charge in [0.25, 0.3) is 5.92 Å². The highest BCUT2D eigenvalue weighted by Gasteiger charge is 2.46. The molecule has 6 nitrogen and oxygen atoms in total. The fraction of sp³-hybridized carbons (Fsp3) is 0.333. The Morgan fingerprint density at radius 2 is 1.94 bits per heavy atom. The third-order valence-corrected chi connectivity index (χ3v) is 5.89. The lowest BCUT2D eigenvalue weighted by atomic mass is 9.84. The number of hydrogen-bond donors (Lipinski definition) is 2. The molecule has 34 heavy (non-hydrogen) atoms. The summed E-state index contributed by atoms with van der Waals surface area (Å²) >= 11 is 0. The molecular weight excluding hydrogens is 454 g/mol. The molecule has 0 spiro atoms. The van der Waals surface area contributed by atoms with Crippen molar-refractivity contribution in [3.05, 3.63) is 58.9 Å². The van der Waals surface area contributed by atoms with Gasteiger partial charge in [0.05, 0.1) is 23.9 Å². The van der Waals surface area contributed by atoms with E-state index in [1.54, 1.807) is 13.8 Å². The van der Waals surface area contributed by atoms with E-state index in [0.29, 0.717) is 11.1 Å². The Morgan fingerprint density at radius 3 is 2.56 bits per heavy atom. The molecule has 0 saturated carbocycles. The van der Waals surface area contributed by atoms with E-state index in [-0.39, 0.29) is 28.9 Å². The minimum atomic E-state index is -3.93. The number of hydrogen-bond acceptors (Lipinski definition) is 3. The van der Waals surface area contributed by atoms with Crippen molar-refractivity contribution in [2.24, 2.45) is 0 Å². The minimum absolute atomic E-state index is 0.0267. The van der Waals surface area contributed by atoms with Crippen LogP contribution in [0.1, 0.15) is 37.1 Å². The van der Waals surface area contributed by atoms with E-state index in [0.717, 1.165) is 0 Å². The average molecular weight is 477 g/mol. The normalized spacial score (nSPS) is 12.7. The molecule has 4 rings (SSSR count). The van der Waals surface area contributed by atoms with E-state index >= 15 is 13.2 Å². The molecule has 0 saturated heterocycles. The summed E-state index contributed by atoms with van der Waals surface area (Å²) in [5, 5.41) is 15.4. The molecule has 0 bridgehead atoms. The van der Waals surface area contributed by atoms with Crippen LogP contribution in [0.4, 0.5) is 17.6 Å². The van der Waals surface area contributed by atoms with Crippen LogP contribution < -0.4 is 0 Å². The molecule has 0 fully saturated rings. The van der Waals surface area contributed by atoms with E-state index in [1.165, 1.54) is 49.1 Å². The first-order valence-corrected chi connectivity index (χ1v) is 10.4. The van der Waals surface area contributed by atoms with Gasteiger partial charge in [-0.3, -0.25) is 9.89 Å². The molecule has 0 unspecified atom stereocenters. The van der Waals surface area contributed by atoms with Crippen LogP contribution in [0.5, 0.6) is 0 Å². The van der Waals surface area contributed by atoms with Crippen molar-refractivity contribution in [2.45, 2.75) is 38.5 Å². The van der Waals surface area contributed by atoms with Gasteiger partial charge in [0.1, 0.15) is 17.8 Å². The lowest BCUT2D eigenvalue weighted by molar-refractivity contribution is -0.145. The van der Waals surface area contributed by atoms with Gasteiger partial charge in [-0.25, -0.2) is 17.6 Å². The summed E-state index contributed by atoms with van der Waals surface area (Å²) < 4.78 is 67.9. The molecule has 2 heterocycles. The van der Waals surface area contributed by atoms with Gasteiger partial charge in [-0.05, 0) is 36.8 Å². The summed E-state index contributed by atoms with van der Waals surface area (Å²) in [5.41, 5.74) is -1.31. The Balaban J connectivity index is 2.27. The first-order valence-electron chi connectivity index (χ1n) is 10.4. The predicted molar refractivity (Wildman–Crippen MR) is 119 cm³/mol. The number of ether oxygens (including phenoxy) is 1. The largest absolute Gasteiger partial charge is 0.481 e. The molecule has 0 aliphatic carbocycles. The highest BCUT2D eigenvalue weighted by atomic mass is 19.3. The highest BCUT2D eigenvalue weighted by Crippen LogP contribution is 2.48. The smallest absolute Gasteiger partial charge is 0.309 e. The maximum Gasteiger partial charge on any atom is 0.309 e. The molecule has 0 radical (unpaired) electrons. The second-order valence-electron chi connectivity index (χ2n) is 9.00. The molecule has 4 aromatic rings. The second kappa shape index (κ2) is 8.12. The van der Waals surface area contributed by atoms with E-state index in [1.807, 2.05) is 0 Å². The van der Waals surface area contributed by atoms with Crippen molar-refractivity contribution in [1.82, 2.24) is 14.8 Å². The zero-order valence-corrected chi connectivity index (χ0v) is 19.0. The molecule has 2 aromatic heterocycles. The number of aryl methyl sites for hydroxylation is 1. The second-order valence-corrected chi connectivity index (χ2v) is 9.00. The third-order valence-electron chi connectivity index (χ3n) is 5.89. The Bertz CT molecular complexity index is 1420. The zero-order chi connectivity index (χ0) is 25.0. The number of aliphatic carboxylic acids is 1. The van der Waals surface area contributed by atoms with Gasteiger partial charge in [0.2, 0.25) is 0 Å². The fourth-order valence-electron chi connectivity index (χ4n) is 4.54. The third kappa shape index (κ3) is 3.71. The zero-order valence-electron chi connectivity index (χ0n) is 19.0. The van der Waals surface area contributed by atoms with Crippen molar-refractivity contribution in [1.29, 1.82) is 0 Å². The van der Waals surface area contributed by atoms with E-state index in [2.05, 4.69) is 10.2 Å². The Kier molecular flexibility index (Phi) is 5.67. The molecule has 0 atom stereocenters. The SMILES string of the molecule is COCC(C)(C)c1c(C(F)(F)CC(=O)O)c2c(F)c3[nH]ncc3cc2n1-c1ccc(F)c(C)c1. The van der Waals surface area contributed by atoms with Gasteiger partial charge in [-0.2, -0.15) is 5.10 Å². The molecular formula is C24H23F4N3O3. The van der Waals surface area contributed by atoms with Gasteiger partial charge in [0, 0.05) is 34.7 Å². The lowest BCUT2D eigenvalue weighted by Crippen LogP contribution is -2.31. The molecule has 0 aliphatic heterocycles. The standard InChI is InChI=1S/C24H23F4N3O3/c1-12-7-14(5-6-15(12)25)31-16-8-13-10-29-30-21(13)20(26)18(16)19(24(27,28)9-17(32)33)22(31)23(2,3)11-34-4/h5-8,10H,9,11H2,1-4H3,(H,29,30)(H,32,33). The summed E-state index contributed by atoms with van der Waals surface area (Å²) in [7, 11) is 1.40. The number of carboxylic acids is 1. The van der Waals surface area contributed by atoms with Gasteiger partial charge in [-0.15, -0.1) is 0 Å². The number of fused-ring (bicyclic) bond motifs is 2. The van der Waals surface area contributed by atoms with Gasteiger partial charge >= 0.3 is 5.97 Å². The number of carbonyl (C=O) groups is 1. The number of alkyl halides is 2. The van der Waals surface area contributed by atoms with Crippen LogP contribution in [0.3, 0.4) is 0 Å². The monoisotopic (exact) mass is 477 g/mol. The number of nitrogens with zero attached hydrogens (tertiary/aromatic N) is 2. The van der Waals surface area contributed by atoms with Crippen LogP contribution in [0.25, 0.3) is 27.5 Å². The summed E-state index contributed by atoms with van der Waals surface area (Å²) in [5.74, 6) is -7.13. The van der Waals surface area contributed by atoms with E-state index in [4.69, 9.17) is 4.74 Å². The maximum atomic E-state index is 15.8.